The molecule has 8 heteroatoms. The van der Waals surface area contributed by atoms with Crippen molar-refractivity contribution >= 4 is 45.0 Å². The number of ether oxygens (including phenoxy) is 1. The molecule has 0 aliphatic rings. The standard InChI is InChI=1S/C24H23BrN4O2S/c25-21-11-12-22(31-16-23(30)27-14-18-7-3-1-4-8-18)20(13-21)15-28-29-24(26)32-17-19-9-5-2-6-10-19/h1-13,15H,14,16-17H2,(H2,26,29)(H,27,30). The first-order chi connectivity index (χ1) is 15.6. The molecule has 3 rings (SSSR count). The van der Waals surface area contributed by atoms with Crippen molar-refractivity contribution in [3.8, 4) is 5.75 Å². The highest BCUT2D eigenvalue weighted by Crippen LogP contribution is 2.22. The monoisotopic (exact) mass is 510 g/mol. The molecular formula is C24H23BrN4O2S. The van der Waals surface area contributed by atoms with Crippen LogP contribution in [0.5, 0.6) is 5.75 Å². The molecule has 0 unspecified atom stereocenters. The summed E-state index contributed by atoms with van der Waals surface area (Å²) >= 11 is 4.85. The lowest BCUT2D eigenvalue weighted by molar-refractivity contribution is -0.123. The van der Waals surface area contributed by atoms with Crippen LogP contribution in [0.15, 0.2) is 93.5 Å². The molecule has 0 heterocycles. The van der Waals surface area contributed by atoms with Gasteiger partial charge >= 0.3 is 0 Å². The van der Waals surface area contributed by atoms with E-state index in [1.54, 1.807) is 12.3 Å². The normalized spacial score (nSPS) is 11.5. The summed E-state index contributed by atoms with van der Waals surface area (Å²) in [6, 6.07) is 25.2. The second kappa shape index (κ2) is 12.7. The number of thioether (sulfide) groups is 1. The molecule has 1 amide bonds. The van der Waals surface area contributed by atoms with Crippen LogP contribution in [-0.4, -0.2) is 23.9 Å². The van der Waals surface area contributed by atoms with Crippen LogP contribution in [0.4, 0.5) is 0 Å². The van der Waals surface area contributed by atoms with Gasteiger partial charge in [-0.05, 0) is 29.3 Å². The Morgan fingerprint density at radius 3 is 2.44 bits per heavy atom. The number of hydrogen-bond donors (Lipinski definition) is 2. The van der Waals surface area contributed by atoms with E-state index in [2.05, 4.69) is 31.4 Å². The number of nitrogens with zero attached hydrogens (tertiary/aromatic N) is 2. The maximum atomic E-state index is 12.1. The first kappa shape index (κ1) is 23.6. The van der Waals surface area contributed by atoms with Gasteiger partial charge in [-0.1, -0.05) is 88.4 Å². The van der Waals surface area contributed by atoms with Gasteiger partial charge in [0.25, 0.3) is 5.91 Å². The van der Waals surface area contributed by atoms with E-state index in [1.807, 2.05) is 72.8 Å². The summed E-state index contributed by atoms with van der Waals surface area (Å²) in [7, 11) is 0. The molecule has 164 valence electrons. The van der Waals surface area contributed by atoms with Crippen molar-refractivity contribution in [2.24, 2.45) is 15.9 Å². The summed E-state index contributed by atoms with van der Waals surface area (Å²) in [6.07, 6.45) is 1.55. The molecule has 0 aromatic heterocycles. The lowest BCUT2D eigenvalue weighted by atomic mass is 10.2. The van der Waals surface area contributed by atoms with Crippen molar-refractivity contribution in [2.45, 2.75) is 12.3 Å². The van der Waals surface area contributed by atoms with E-state index in [1.165, 1.54) is 11.8 Å². The molecular weight excluding hydrogens is 488 g/mol. The first-order valence-electron chi connectivity index (χ1n) is 9.86. The van der Waals surface area contributed by atoms with Crippen LogP contribution in [0.2, 0.25) is 0 Å². The van der Waals surface area contributed by atoms with E-state index in [0.29, 0.717) is 23.0 Å². The topological polar surface area (TPSA) is 89.1 Å². The van der Waals surface area contributed by atoms with Crippen molar-refractivity contribution < 1.29 is 9.53 Å². The van der Waals surface area contributed by atoms with Crippen LogP contribution in [-0.2, 0) is 17.1 Å². The number of amides is 1. The van der Waals surface area contributed by atoms with E-state index in [0.717, 1.165) is 21.4 Å². The van der Waals surface area contributed by atoms with Gasteiger partial charge in [-0.2, -0.15) is 5.10 Å². The van der Waals surface area contributed by atoms with Gasteiger partial charge in [-0.25, -0.2) is 0 Å². The van der Waals surface area contributed by atoms with Crippen LogP contribution in [0, 0.1) is 0 Å². The molecule has 0 saturated heterocycles. The second-order valence-electron chi connectivity index (χ2n) is 6.69. The van der Waals surface area contributed by atoms with Crippen molar-refractivity contribution in [1.29, 1.82) is 0 Å². The Labute approximate surface area is 200 Å². The van der Waals surface area contributed by atoms with Gasteiger partial charge in [0.05, 0.1) is 6.21 Å². The Kier molecular flexibility index (Phi) is 9.34. The molecule has 0 radical (unpaired) electrons. The molecule has 0 bridgehead atoms. The van der Waals surface area contributed by atoms with Crippen molar-refractivity contribution in [3.63, 3.8) is 0 Å². The third-order valence-corrected chi connectivity index (χ3v) is 5.59. The van der Waals surface area contributed by atoms with Crippen LogP contribution < -0.4 is 15.8 Å². The molecule has 3 aromatic carbocycles. The van der Waals surface area contributed by atoms with E-state index >= 15 is 0 Å². The number of nitrogens with one attached hydrogen (secondary N) is 1. The molecule has 0 fully saturated rings. The average Bonchev–Trinajstić information content (AvgIpc) is 2.82. The fourth-order valence-electron chi connectivity index (χ4n) is 2.65. The molecule has 3 aromatic rings. The van der Waals surface area contributed by atoms with E-state index < -0.39 is 0 Å². The summed E-state index contributed by atoms with van der Waals surface area (Å²) in [5, 5.41) is 11.3. The van der Waals surface area contributed by atoms with Crippen LogP contribution in [0.3, 0.4) is 0 Å². The van der Waals surface area contributed by atoms with E-state index in [9.17, 15) is 4.79 Å². The summed E-state index contributed by atoms with van der Waals surface area (Å²) in [6.45, 7) is 0.347. The zero-order chi connectivity index (χ0) is 22.6. The Balaban J connectivity index is 1.53. The van der Waals surface area contributed by atoms with Gasteiger partial charge in [0.1, 0.15) is 5.75 Å². The maximum absolute atomic E-state index is 12.1. The van der Waals surface area contributed by atoms with Crippen LogP contribution >= 0.6 is 27.7 Å². The van der Waals surface area contributed by atoms with Crippen LogP contribution in [0.25, 0.3) is 0 Å². The molecule has 0 spiro atoms. The molecule has 3 N–H and O–H groups in total. The zero-order valence-electron chi connectivity index (χ0n) is 17.3. The quantitative estimate of drug-likeness (QED) is 0.247. The van der Waals surface area contributed by atoms with Gasteiger partial charge < -0.3 is 15.8 Å². The predicted octanol–water partition coefficient (Wildman–Crippen LogP) is 4.73. The van der Waals surface area contributed by atoms with Gasteiger partial charge in [0, 0.05) is 22.3 Å². The number of carbonyl (C=O) groups is 1. The molecule has 0 saturated carbocycles. The summed E-state index contributed by atoms with van der Waals surface area (Å²) in [5.74, 6) is 1.03. The third-order valence-electron chi connectivity index (χ3n) is 4.25. The molecule has 32 heavy (non-hydrogen) atoms. The van der Waals surface area contributed by atoms with Crippen molar-refractivity contribution in [2.75, 3.05) is 6.61 Å². The van der Waals surface area contributed by atoms with Crippen molar-refractivity contribution in [3.05, 3.63) is 100 Å². The summed E-state index contributed by atoms with van der Waals surface area (Å²) < 4.78 is 6.55. The molecule has 0 aliphatic heterocycles. The fraction of sp³-hybridized carbons (Fsp3) is 0.125. The number of halogens is 1. The number of rotatable bonds is 9. The maximum Gasteiger partial charge on any atom is 0.258 e. The summed E-state index contributed by atoms with van der Waals surface area (Å²) in [4.78, 5) is 12.1. The number of carbonyl (C=O) groups excluding carboxylic acids is 1. The molecule has 0 atom stereocenters. The predicted molar refractivity (Wildman–Crippen MR) is 135 cm³/mol. The lowest BCUT2D eigenvalue weighted by Gasteiger charge is -2.10. The Morgan fingerprint density at radius 1 is 1.03 bits per heavy atom. The van der Waals surface area contributed by atoms with Crippen molar-refractivity contribution in [1.82, 2.24) is 5.32 Å². The minimum atomic E-state index is -0.209. The minimum Gasteiger partial charge on any atom is -0.483 e. The second-order valence-corrected chi connectivity index (χ2v) is 8.60. The highest BCUT2D eigenvalue weighted by molar-refractivity contribution is 9.10. The fourth-order valence-corrected chi connectivity index (χ4v) is 3.64. The smallest absolute Gasteiger partial charge is 0.258 e. The lowest BCUT2D eigenvalue weighted by Crippen LogP contribution is -2.28. The Hall–Kier alpha value is -3.10. The highest BCUT2D eigenvalue weighted by atomic mass is 79.9. The van der Waals surface area contributed by atoms with Crippen LogP contribution in [0.1, 0.15) is 16.7 Å². The highest BCUT2D eigenvalue weighted by Gasteiger charge is 2.07. The SMILES string of the molecule is NC(=NN=Cc1cc(Br)ccc1OCC(=O)NCc1ccccc1)SCc1ccccc1. The van der Waals surface area contributed by atoms with E-state index in [-0.39, 0.29) is 12.5 Å². The van der Waals surface area contributed by atoms with Gasteiger partial charge in [-0.15, -0.1) is 5.10 Å². The van der Waals surface area contributed by atoms with Gasteiger partial charge in [0.15, 0.2) is 11.8 Å². The third kappa shape index (κ3) is 8.20. The number of nitrogens with two attached hydrogens (primary N) is 1. The zero-order valence-corrected chi connectivity index (χ0v) is 19.7. The number of benzene rings is 3. The Morgan fingerprint density at radius 2 is 1.72 bits per heavy atom. The first-order valence-corrected chi connectivity index (χ1v) is 11.6. The molecule has 6 nitrogen and oxygen atoms in total. The number of hydrogen-bond acceptors (Lipinski definition) is 5. The minimum absolute atomic E-state index is 0.104. The van der Waals surface area contributed by atoms with Gasteiger partial charge in [-0.3, -0.25) is 4.79 Å². The molecule has 0 aliphatic carbocycles. The summed E-state index contributed by atoms with van der Waals surface area (Å²) in [5.41, 5.74) is 8.81. The Bertz CT molecular complexity index is 1080. The number of amidine groups is 1. The van der Waals surface area contributed by atoms with E-state index in [4.69, 9.17) is 10.5 Å². The average molecular weight is 511 g/mol. The van der Waals surface area contributed by atoms with Gasteiger partial charge in [0.2, 0.25) is 0 Å². The largest absolute Gasteiger partial charge is 0.483 e.